The van der Waals surface area contributed by atoms with Crippen molar-refractivity contribution in [3.05, 3.63) is 59.2 Å². The predicted octanol–water partition coefficient (Wildman–Crippen LogP) is 4.06. The first kappa shape index (κ1) is 24.5. The Morgan fingerprint density at radius 2 is 1.97 bits per heavy atom. The van der Waals surface area contributed by atoms with Gasteiger partial charge in [0.1, 0.15) is 11.8 Å². The van der Waals surface area contributed by atoms with E-state index in [1.807, 2.05) is 0 Å². The van der Waals surface area contributed by atoms with Crippen molar-refractivity contribution in [2.75, 3.05) is 7.11 Å². The van der Waals surface area contributed by atoms with Gasteiger partial charge in [-0.3, -0.25) is 14.9 Å². The van der Waals surface area contributed by atoms with Gasteiger partial charge in [-0.05, 0) is 25.1 Å². The van der Waals surface area contributed by atoms with E-state index in [1.165, 1.54) is 25.3 Å². The Hall–Kier alpha value is -3.61. The van der Waals surface area contributed by atoms with Crippen molar-refractivity contribution in [1.29, 1.82) is 0 Å². The molecule has 1 saturated heterocycles. The van der Waals surface area contributed by atoms with Gasteiger partial charge in [-0.15, -0.1) is 0 Å². The average molecular weight is 497 g/mol. The van der Waals surface area contributed by atoms with Crippen LogP contribution >= 0.6 is 0 Å². The molecule has 3 aromatic rings. The van der Waals surface area contributed by atoms with E-state index in [4.69, 9.17) is 15.2 Å². The summed E-state index contributed by atoms with van der Waals surface area (Å²) in [5.74, 6) is -6.31. The molecule has 4 atom stereocenters. The molecule has 2 aromatic heterocycles. The molecule has 8 nitrogen and oxygen atoms in total. The number of aromatic nitrogens is 4. The smallest absolute Gasteiger partial charge is 0.417 e. The Morgan fingerprint density at radius 3 is 2.60 bits per heavy atom. The maximum absolute atomic E-state index is 14.5. The Kier molecular flexibility index (Phi) is 5.99. The van der Waals surface area contributed by atoms with Crippen LogP contribution in [0.3, 0.4) is 0 Å². The number of pyridine rings is 1. The van der Waals surface area contributed by atoms with Crippen molar-refractivity contribution < 1.29 is 36.2 Å². The number of ether oxygens (including phenoxy) is 2. The largest absolute Gasteiger partial charge is 0.493 e. The second-order valence-electron chi connectivity index (χ2n) is 8.28. The minimum atomic E-state index is -4.80. The number of primary amides is 1. The first-order valence-corrected chi connectivity index (χ1v) is 10.3. The number of halogens is 5. The normalized spacial score (nSPS) is 24.5. The standard InChI is InChI=1S/C22H20F5N5O3/c1-9-14(11-4-5-12(23)15(24)16(11)34-3)17(35-21(9,2)22(25,26)27)20-30-19(31-32-20)10-6-7-29-13(8-10)18(28)33/h4-9,14,17H,1-3H3,(H2,28,33)(H,30,31,32)/t9-,14-,17+,21+/m1/s1. The lowest BCUT2D eigenvalue weighted by Gasteiger charge is -2.32. The number of hydrogen-bond donors (Lipinski definition) is 2. The van der Waals surface area contributed by atoms with Crippen LogP contribution in [0.15, 0.2) is 30.5 Å². The molecule has 3 heterocycles. The van der Waals surface area contributed by atoms with Gasteiger partial charge in [0.25, 0.3) is 5.91 Å². The second kappa shape index (κ2) is 8.56. The van der Waals surface area contributed by atoms with Crippen LogP contribution in [0.4, 0.5) is 22.0 Å². The van der Waals surface area contributed by atoms with Crippen LogP contribution in [0.1, 0.15) is 47.7 Å². The molecule has 1 aromatic carbocycles. The average Bonchev–Trinajstić information content (AvgIpc) is 3.39. The zero-order valence-corrected chi connectivity index (χ0v) is 18.7. The van der Waals surface area contributed by atoms with Gasteiger partial charge < -0.3 is 15.2 Å². The third kappa shape index (κ3) is 3.99. The monoisotopic (exact) mass is 497 g/mol. The van der Waals surface area contributed by atoms with Gasteiger partial charge in [-0.2, -0.15) is 22.7 Å². The highest BCUT2D eigenvalue weighted by molar-refractivity contribution is 5.91. The van der Waals surface area contributed by atoms with Crippen molar-refractivity contribution in [2.45, 2.75) is 37.6 Å². The molecule has 13 heteroatoms. The molecule has 1 amide bonds. The van der Waals surface area contributed by atoms with Crippen molar-refractivity contribution in [1.82, 2.24) is 20.2 Å². The molecule has 0 radical (unpaired) electrons. The number of H-pyrrole nitrogens is 1. The minimum Gasteiger partial charge on any atom is -0.493 e. The Balaban J connectivity index is 1.83. The van der Waals surface area contributed by atoms with Crippen LogP contribution in [0.25, 0.3) is 11.4 Å². The molecule has 0 unspecified atom stereocenters. The van der Waals surface area contributed by atoms with Crippen LogP contribution in [0, 0.1) is 17.6 Å². The number of hydrogen-bond acceptors (Lipinski definition) is 6. The van der Waals surface area contributed by atoms with Crippen LogP contribution in [0.2, 0.25) is 0 Å². The van der Waals surface area contributed by atoms with E-state index >= 15 is 0 Å². The summed E-state index contributed by atoms with van der Waals surface area (Å²) in [5.41, 5.74) is 2.83. The van der Waals surface area contributed by atoms with Gasteiger partial charge in [0.05, 0.1) is 7.11 Å². The van der Waals surface area contributed by atoms with E-state index in [9.17, 15) is 26.7 Å². The van der Waals surface area contributed by atoms with Gasteiger partial charge >= 0.3 is 6.18 Å². The summed E-state index contributed by atoms with van der Waals surface area (Å²) in [6.07, 6.45) is -4.88. The molecular formula is C22H20F5N5O3. The fourth-order valence-electron chi connectivity index (χ4n) is 4.28. The fraction of sp³-hybridized carbons (Fsp3) is 0.364. The predicted molar refractivity (Wildman–Crippen MR) is 111 cm³/mol. The van der Waals surface area contributed by atoms with Crippen LogP contribution in [-0.2, 0) is 4.74 Å². The van der Waals surface area contributed by atoms with Gasteiger partial charge in [0.2, 0.25) is 5.82 Å². The van der Waals surface area contributed by atoms with E-state index in [0.29, 0.717) is 5.56 Å². The van der Waals surface area contributed by atoms with Crippen LogP contribution in [0.5, 0.6) is 5.75 Å². The first-order valence-electron chi connectivity index (χ1n) is 10.3. The number of alkyl halides is 3. The summed E-state index contributed by atoms with van der Waals surface area (Å²) in [6, 6.07) is 4.78. The lowest BCUT2D eigenvalue weighted by Crippen LogP contribution is -2.46. The number of benzene rings is 1. The maximum Gasteiger partial charge on any atom is 0.417 e. The summed E-state index contributed by atoms with van der Waals surface area (Å²) < 4.78 is 81.2. The molecule has 0 bridgehead atoms. The van der Waals surface area contributed by atoms with Gasteiger partial charge in [0.15, 0.2) is 28.8 Å². The lowest BCUT2D eigenvalue weighted by molar-refractivity contribution is -0.275. The summed E-state index contributed by atoms with van der Waals surface area (Å²) in [7, 11) is 1.09. The van der Waals surface area contributed by atoms with Crippen LogP contribution < -0.4 is 10.5 Å². The molecule has 1 aliphatic heterocycles. The molecule has 186 valence electrons. The number of nitrogens with one attached hydrogen (secondary N) is 1. The number of carbonyl (C=O) groups excluding carboxylic acids is 1. The lowest BCUT2D eigenvalue weighted by atomic mass is 9.77. The SMILES string of the molecule is COc1c([C@@H]2[C@@H](c3nc(-c4ccnc(C(N)=O)c4)n[nH]3)O[C@](C)(C(F)(F)F)[C@@H]2C)ccc(F)c1F. The molecule has 1 aliphatic rings. The quantitative estimate of drug-likeness (QED) is 0.514. The van der Waals surface area contributed by atoms with Crippen molar-refractivity contribution in [3.63, 3.8) is 0 Å². The summed E-state index contributed by atoms with van der Waals surface area (Å²) >= 11 is 0. The molecule has 0 aliphatic carbocycles. The number of amides is 1. The third-order valence-electron chi connectivity index (χ3n) is 6.35. The Morgan fingerprint density at radius 1 is 1.26 bits per heavy atom. The van der Waals surface area contributed by atoms with E-state index in [-0.39, 0.29) is 22.9 Å². The zero-order chi connectivity index (χ0) is 25.7. The summed E-state index contributed by atoms with van der Waals surface area (Å²) in [4.78, 5) is 19.5. The number of carbonyl (C=O) groups is 1. The molecular weight excluding hydrogens is 477 g/mol. The number of nitrogens with zero attached hydrogens (tertiary/aromatic N) is 3. The zero-order valence-electron chi connectivity index (χ0n) is 18.7. The molecule has 0 saturated carbocycles. The van der Waals surface area contributed by atoms with E-state index < -0.39 is 53.0 Å². The fourth-order valence-corrected chi connectivity index (χ4v) is 4.28. The Bertz CT molecular complexity index is 1280. The van der Waals surface area contributed by atoms with Gasteiger partial charge in [-0.1, -0.05) is 13.0 Å². The summed E-state index contributed by atoms with van der Waals surface area (Å²) in [6.45, 7) is 2.19. The molecule has 4 rings (SSSR count). The topological polar surface area (TPSA) is 116 Å². The molecule has 1 fully saturated rings. The van der Waals surface area contributed by atoms with Gasteiger partial charge in [0, 0.05) is 29.2 Å². The molecule has 0 spiro atoms. The number of rotatable bonds is 5. The van der Waals surface area contributed by atoms with Crippen molar-refractivity contribution >= 4 is 5.91 Å². The highest BCUT2D eigenvalue weighted by Crippen LogP contribution is 2.59. The van der Waals surface area contributed by atoms with E-state index in [0.717, 1.165) is 26.2 Å². The molecule has 3 N–H and O–H groups in total. The number of aromatic amines is 1. The van der Waals surface area contributed by atoms with E-state index in [2.05, 4.69) is 20.2 Å². The van der Waals surface area contributed by atoms with E-state index in [1.54, 1.807) is 0 Å². The Labute approximate surface area is 195 Å². The number of methoxy groups -OCH3 is 1. The highest BCUT2D eigenvalue weighted by atomic mass is 19.4. The van der Waals surface area contributed by atoms with Crippen LogP contribution in [-0.4, -0.2) is 45.0 Å². The minimum absolute atomic E-state index is 0.0187. The first-order chi connectivity index (χ1) is 16.4. The maximum atomic E-state index is 14.5. The van der Waals surface area contributed by atoms with Crippen molar-refractivity contribution in [2.24, 2.45) is 11.7 Å². The summed E-state index contributed by atoms with van der Waals surface area (Å²) in [5, 5.41) is 6.60. The second-order valence-corrected chi connectivity index (χ2v) is 8.28. The molecule has 35 heavy (non-hydrogen) atoms. The highest BCUT2D eigenvalue weighted by Gasteiger charge is 2.65. The number of nitrogens with two attached hydrogens (primary N) is 1. The third-order valence-corrected chi connectivity index (χ3v) is 6.35. The van der Waals surface area contributed by atoms with Crippen molar-refractivity contribution in [3.8, 4) is 17.1 Å². The van der Waals surface area contributed by atoms with Gasteiger partial charge in [-0.25, -0.2) is 9.37 Å².